The van der Waals surface area contributed by atoms with Gasteiger partial charge < -0.3 is 14.8 Å². The minimum atomic E-state index is -0.172. The fourth-order valence-corrected chi connectivity index (χ4v) is 2.36. The van der Waals surface area contributed by atoms with Crippen molar-refractivity contribution in [2.24, 2.45) is 5.92 Å². The van der Waals surface area contributed by atoms with Crippen molar-refractivity contribution in [3.8, 4) is 11.5 Å². The number of amides is 1. The van der Waals surface area contributed by atoms with Crippen LogP contribution in [0.2, 0.25) is 0 Å². The average Bonchev–Trinajstić information content (AvgIpc) is 2.59. The van der Waals surface area contributed by atoms with Crippen molar-refractivity contribution >= 4 is 11.6 Å². The lowest BCUT2D eigenvalue weighted by Crippen LogP contribution is -2.13. The van der Waals surface area contributed by atoms with E-state index in [0.29, 0.717) is 35.5 Å². The molecule has 0 bridgehead atoms. The SMILES string of the molecule is COc1cc(C(=O)Nc2cccc(C(C)C)c2)ccc1OCC(C)C. The first-order valence-electron chi connectivity index (χ1n) is 8.63. The number of benzene rings is 2. The Balaban J connectivity index is 2.15. The van der Waals surface area contributed by atoms with Gasteiger partial charge in [0.05, 0.1) is 13.7 Å². The molecule has 2 rings (SSSR count). The highest BCUT2D eigenvalue weighted by Crippen LogP contribution is 2.29. The number of carbonyl (C=O) groups is 1. The topological polar surface area (TPSA) is 47.6 Å². The molecule has 0 fully saturated rings. The fraction of sp³-hybridized carbons (Fsp3) is 0.381. The third-order valence-electron chi connectivity index (χ3n) is 3.81. The zero-order valence-corrected chi connectivity index (χ0v) is 15.6. The minimum absolute atomic E-state index is 0.172. The summed E-state index contributed by atoms with van der Waals surface area (Å²) in [6, 6.07) is 13.1. The largest absolute Gasteiger partial charge is 0.493 e. The van der Waals surface area contributed by atoms with Gasteiger partial charge in [0.25, 0.3) is 5.91 Å². The summed E-state index contributed by atoms with van der Waals surface area (Å²) in [5.74, 6) is 1.86. The van der Waals surface area contributed by atoms with E-state index in [0.717, 1.165) is 5.69 Å². The van der Waals surface area contributed by atoms with Crippen molar-refractivity contribution in [3.63, 3.8) is 0 Å². The van der Waals surface area contributed by atoms with Crippen LogP contribution in [-0.2, 0) is 0 Å². The average molecular weight is 341 g/mol. The van der Waals surface area contributed by atoms with Crippen LogP contribution in [0.4, 0.5) is 5.69 Å². The summed E-state index contributed by atoms with van der Waals surface area (Å²) in [7, 11) is 1.57. The summed E-state index contributed by atoms with van der Waals surface area (Å²) in [4.78, 5) is 12.5. The molecule has 2 aromatic carbocycles. The molecule has 0 aliphatic carbocycles. The first kappa shape index (κ1) is 18.8. The van der Waals surface area contributed by atoms with Crippen LogP contribution in [0, 0.1) is 5.92 Å². The van der Waals surface area contributed by atoms with Crippen LogP contribution in [0.1, 0.15) is 49.5 Å². The molecule has 1 N–H and O–H groups in total. The molecule has 0 saturated carbocycles. The van der Waals surface area contributed by atoms with Crippen molar-refractivity contribution in [2.75, 3.05) is 19.0 Å². The maximum atomic E-state index is 12.5. The van der Waals surface area contributed by atoms with Crippen LogP contribution < -0.4 is 14.8 Å². The Morgan fingerprint density at radius 2 is 1.80 bits per heavy atom. The fourth-order valence-electron chi connectivity index (χ4n) is 2.36. The van der Waals surface area contributed by atoms with Gasteiger partial charge in [0.2, 0.25) is 0 Å². The highest BCUT2D eigenvalue weighted by atomic mass is 16.5. The number of rotatable bonds is 7. The van der Waals surface area contributed by atoms with Gasteiger partial charge in [-0.3, -0.25) is 4.79 Å². The number of hydrogen-bond donors (Lipinski definition) is 1. The Morgan fingerprint density at radius 1 is 1.04 bits per heavy atom. The Hall–Kier alpha value is -2.49. The third-order valence-corrected chi connectivity index (χ3v) is 3.81. The summed E-state index contributed by atoms with van der Waals surface area (Å²) >= 11 is 0. The molecule has 4 heteroatoms. The summed E-state index contributed by atoms with van der Waals surface area (Å²) in [6.07, 6.45) is 0. The molecule has 0 aliphatic heterocycles. The van der Waals surface area contributed by atoms with E-state index >= 15 is 0 Å². The van der Waals surface area contributed by atoms with Gasteiger partial charge in [-0.05, 0) is 47.7 Å². The molecule has 0 saturated heterocycles. The lowest BCUT2D eigenvalue weighted by Gasteiger charge is -2.14. The molecule has 0 unspecified atom stereocenters. The lowest BCUT2D eigenvalue weighted by molar-refractivity contribution is 0.102. The van der Waals surface area contributed by atoms with Gasteiger partial charge in [-0.2, -0.15) is 0 Å². The number of methoxy groups -OCH3 is 1. The van der Waals surface area contributed by atoms with Crippen molar-refractivity contribution in [3.05, 3.63) is 53.6 Å². The van der Waals surface area contributed by atoms with E-state index in [2.05, 4.69) is 39.1 Å². The molecule has 0 aromatic heterocycles. The van der Waals surface area contributed by atoms with E-state index in [-0.39, 0.29) is 5.91 Å². The first-order valence-corrected chi connectivity index (χ1v) is 8.63. The van der Waals surface area contributed by atoms with Gasteiger partial charge in [0.1, 0.15) is 0 Å². The van der Waals surface area contributed by atoms with Crippen LogP contribution in [0.3, 0.4) is 0 Å². The number of hydrogen-bond acceptors (Lipinski definition) is 3. The molecular weight excluding hydrogens is 314 g/mol. The van der Waals surface area contributed by atoms with Crippen LogP contribution in [0.25, 0.3) is 0 Å². The predicted octanol–water partition coefficient (Wildman–Crippen LogP) is 5.11. The molecule has 0 heterocycles. The van der Waals surface area contributed by atoms with Crippen molar-refractivity contribution in [1.29, 1.82) is 0 Å². The minimum Gasteiger partial charge on any atom is -0.493 e. The van der Waals surface area contributed by atoms with E-state index in [4.69, 9.17) is 9.47 Å². The van der Waals surface area contributed by atoms with Crippen LogP contribution in [-0.4, -0.2) is 19.6 Å². The second-order valence-electron chi connectivity index (χ2n) is 6.80. The van der Waals surface area contributed by atoms with Gasteiger partial charge in [0.15, 0.2) is 11.5 Å². The van der Waals surface area contributed by atoms with Crippen molar-refractivity contribution in [1.82, 2.24) is 0 Å². The van der Waals surface area contributed by atoms with E-state index < -0.39 is 0 Å². The quantitative estimate of drug-likeness (QED) is 0.761. The van der Waals surface area contributed by atoms with Gasteiger partial charge in [-0.1, -0.05) is 39.8 Å². The Bertz CT molecular complexity index is 723. The number of anilines is 1. The summed E-state index contributed by atoms with van der Waals surface area (Å²) in [5, 5.41) is 2.94. The molecule has 0 spiro atoms. The van der Waals surface area contributed by atoms with E-state index in [9.17, 15) is 4.79 Å². The Kier molecular flexibility index (Phi) is 6.45. The number of ether oxygens (including phenoxy) is 2. The molecule has 2 aromatic rings. The van der Waals surface area contributed by atoms with E-state index in [1.807, 2.05) is 18.2 Å². The summed E-state index contributed by atoms with van der Waals surface area (Å²) in [6.45, 7) is 9.02. The van der Waals surface area contributed by atoms with Crippen molar-refractivity contribution < 1.29 is 14.3 Å². The second kappa shape index (κ2) is 8.56. The van der Waals surface area contributed by atoms with Gasteiger partial charge in [-0.25, -0.2) is 0 Å². The highest BCUT2D eigenvalue weighted by molar-refractivity contribution is 6.04. The second-order valence-corrected chi connectivity index (χ2v) is 6.80. The molecule has 4 nitrogen and oxygen atoms in total. The van der Waals surface area contributed by atoms with Crippen LogP contribution in [0.5, 0.6) is 11.5 Å². The first-order chi connectivity index (χ1) is 11.9. The molecular formula is C21H27NO3. The molecule has 25 heavy (non-hydrogen) atoms. The van der Waals surface area contributed by atoms with Gasteiger partial charge in [0, 0.05) is 11.3 Å². The standard InChI is InChI=1S/C21H27NO3/c1-14(2)13-25-19-10-9-17(12-20(19)24-5)21(23)22-18-8-6-7-16(11-18)15(3)4/h6-12,14-15H,13H2,1-5H3,(H,22,23). The monoisotopic (exact) mass is 341 g/mol. The number of carbonyl (C=O) groups excluding carboxylic acids is 1. The molecule has 0 radical (unpaired) electrons. The highest BCUT2D eigenvalue weighted by Gasteiger charge is 2.12. The zero-order valence-electron chi connectivity index (χ0n) is 15.6. The smallest absolute Gasteiger partial charge is 0.255 e. The lowest BCUT2D eigenvalue weighted by atomic mass is 10.0. The third kappa shape index (κ3) is 5.24. The van der Waals surface area contributed by atoms with Crippen LogP contribution in [0.15, 0.2) is 42.5 Å². The molecule has 0 atom stereocenters. The maximum Gasteiger partial charge on any atom is 0.255 e. The normalized spacial score (nSPS) is 10.8. The van der Waals surface area contributed by atoms with Gasteiger partial charge >= 0.3 is 0 Å². The Morgan fingerprint density at radius 3 is 2.44 bits per heavy atom. The van der Waals surface area contributed by atoms with E-state index in [1.165, 1.54) is 5.56 Å². The van der Waals surface area contributed by atoms with Gasteiger partial charge in [-0.15, -0.1) is 0 Å². The molecule has 1 amide bonds. The van der Waals surface area contributed by atoms with E-state index in [1.54, 1.807) is 25.3 Å². The summed E-state index contributed by atoms with van der Waals surface area (Å²) in [5.41, 5.74) is 2.51. The summed E-state index contributed by atoms with van der Waals surface area (Å²) < 4.78 is 11.1. The number of nitrogens with one attached hydrogen (secondary N) is 1. The zero-order chi connectivity index (χ0) is 18.4. The van der Waals surface area contributed by atoms with Crippen molar-refractivity contribution in [2.45, 2.75) is 33.6 Å². The maximum absolute atomic E-state index is 12.5. The Labute approximate surface area is 150 Å². The van der Waals surface area contributed by atoms with Crippen LogP contribution >= 0.6 is 0 Å². The molecule has 134 valence electrons. The molecule has 0 aliphatic rings. The predicted molar refractivity (Wildman–Crippen MR) is 102 cm³/mol.